The van der Waals surface area contributed by atoms with E-state index in [2.05, 4.69) is 64.7 Å². The van der Waals surface area contributed by atoms with Crippen molar-refractivity contribution < 1.29 is 37.7 Å². The van der Waals surface area contributed by atoms with Gasteiger partial charge in [0.2, 0.25) is 0 Å². The van der Waals surface area contributed by atoms with Crippen molar-refractivity contribution in [3.05, 3.63) is 168 Å². The molecule has 58 heavy (non-hydrogen) atoms. The molecule has 1 saturated heterocycles. The van der Waals surface area contributed by atoms with Gasteiger partial charge in [0.15, 0.2) is 18.5 Å². The van der Waals surface area contributed by atoms with Crippen molar-refractivity contribution in [2.75, 3.05) is 13.2 Å². The van der Waals surface area contributed by atoms with Crippen molar-refractivity contribution in [1.29, 1.82) is 0 Å². The molecule has 0 amide bonds. The van der Waals surface area contributed by atoms with E-state index in [1.165, 1.54) is 0 Å². The van der Waals surface area contributed by atoms with Crippen molar-refractivity contribution in [3.8, 4) is 0 Å². The molecule has 10 heteroatoms. The van der Waals surface area contributed by atoms with Crippen LogP contribution >= 0.6 is 0 Å². The number of esters is 2. The summed E-state index contributed by atoms with van der Waals surface area (Å²) in [6.07, 6.45) is -5.17. The summed E-state index contributed by atoms with van der Waals surface area (Å²) in [4.78, 5) is 28.0. The molecule has 5 aromatic carbocycles. The van der Waals surface area contributed by atoms with Crippen LogP contribution in [-0.4, -0.2) is 72.2 Å². The van der Waals surface area contributed by atoms with Crippen LogP contribution in [0.15, 0.2) is 152 Å². The maximum absolute atomic E-state index is 14.1. The van der Waals surface area contributed by atoms with Crippen LogP contribution in [0, 0.1) is 0 Å². The molecule has 0 radical (unpaired) electrons. The maximum atomic E-state index is 14.1. The van der Waals surface area contributed by atoms with Crippen molar-refractivity contribution in [3.63, 3.8) is 0 Å². The minimum absolute atomic E-state index is 0.0262. The highest BCUT2D eigenvalue weighted by Gasteiger charge is 2.55. The van der Waals surface area contributed by atoms with E-state index in [9.17, 15) is 9.59 Å². The Hall–Kier alpha value is -4.69. The van der Waals surface area contributed by atoms with Gasteiger partial charge in [-0.05, 0) is 51.3 Å². The van der Waals surface area contributed by atoms with Gasteiger partial charge in [-0.3, -0.25) is 0 Å². The van der Waals surface area contributed by atoms with Gasteiger partial charge in [-0.25, -0.2) is 9.59 Å². The second-order valence-corrected chi connectivity index (χ2v) is 26.9. The SMILES string of the molecule is CC(C)(C)[Si](OC[C@H]1O[C@@H](OCC[Si](C)(C)C)[C@H](OC(=O)c2ccccc2)[C@@H](OCc2ccccc2)[C@H]1OC(=O)c1ccccc1)(c1ccccc1)c1ccccc1. The summed E-state index contributed by atoms with van der Waals surface area (Å²) in [7, 11) is -4.66. The first-order valence-electron chi connectivity index (χ1n) is 20.1. The quantitative estimate of drug-likeness (QED) is 0.0723. The molecule has 1 aliphatic heterocycles. The van der Waals surface area contributed by atoms with Crippen molar-refractivity contribution in [1.82, 2.24) is 0 Å². The fourth-order valence-corrected chi connectivity index (χ4v) is 12.7. The van der Waals surface area contributed by atoms with Gasteiger partial charge in [0, 0.05) is 14.7 Å². The van der Waals surface area contributed by atoms with Crippen LogP contribution in [0.5, 0.6) is 0 Å². The van der Waals surface area contributed by atoms with Gasteiger partial charge in [-0.1, -0.05) is 168 Å². The second-order valence-electron chi connectivity index (χ2n) is 16.9. The van der Waals surface area contributed by atoms with Crippen LogP contribution in [0.1, 0.15) is 47.1 Å². The Bertz CT molecular complexity index is 1980. The molecular weight excluding hydrogens is 761 g/mol. The zero-order valence-electron chi connectivity index (χ0n) is 34.4. The molecule has 0 spiro atoms. The molecule has 5 atom stereocenters. The molecule has 1 heterocycles. The van der Waals surface area contributed by atoms with Gasteiger partial charge < -0.3 is 28.1 Å². The van der Waals surface area contributed by atoms with E-state index in [0.29, 0.717) is 17.7 Å². The average molecular weight is 817 g/mol. The van der Waals surface area contributed by atoms with Crippen molar-refractivity contribution >= 4 is 38.7 Å². The van der Waals surface area contributed by atoms with Crippen LogP contribution in [0.25, 0.3) is 0 Å². The molecule has 0 aliphatic carbocycles. The van der Waals surface area contributed by atoms with Crippen LogP contribution in [0.2, 0.25) is 30.7 Å². The van der Waals surface area contributed by atoms with E-state index in [1.54, 1.807) is 48.5 Å². The lowest BCUT2D eigenvalue weighted by Crippen LogP contribution is -2.68. The summed E-state index contributed by atoms with van der Waals surface area (Å²) < 4.78 is 40.6. The lowest BCUT2D eigenvalue weighted by atomic mass is 9.97. The Morgan fingerprint density at radius 2 is 1.03 bits per heavy atom. The monoisotopic (exact) mass is 816 g/mol. The molecule has 304 valence electrons. The van der Waals surface area contributed by atoms with Crippen LogP contribution in [0.3, 0.4) is 0 Å². The Labute approximate surface area is 345 Å². The number of carbonyl (C=O) groups excluding carboxylic acids is 2. The van der Waals surface area contributed by atoms with E-state index in [0.717, 1.165) is 22.0 Å². The summed E-state index contributed by atoms with van der Waals surface area (Å²) >= 11 is 0. The molecule has 0 N–H and O–H groups in total. The smallest absolute Gasteiger partial charge is 0.338 e. The maximum Gasteiger partial charge on any atom is 0.338 e. The molecular formula is C48H56O8Si2. The standard InChI is InChI=1S/C48H56O8Si2/c1-48(2,3)58(39-28-18-10-19-29-39,40-30-20-11-21-31-40)53-35-41-42(55-45(49)37-24-14-8-15-25-37)43(52-34-36-22-12-7-13-23-36)44(47(54-41)51-32-33-57(4,5)6)56-46(50)38-26-16-9-17-27-38/h7-31,41-44,47H,32-35H2,1-6H3/t41-,42+,43+,44-,47-/m1/s1. The van der Waals surface area contributed by atoms with E-state index in [4.69, 9.17) is 28.1 Å². The van der Waals surface area contributed by atoms with Gasteiger partial charge in [-0.15, -0.1) is 0 Å². The highest BCUT2D eigenvalue weighted by Crippen LogP contribution is 2.38. The summed E-state index contributed by atoms with van der Waals surface area (Å²) in [6.45, 7) is 14.0. The predicted octanol–water partition coefficient (Wildman–Crippen LogP) is 8.68. The summed E-state index contributed by atoms with van der Waals surface area (Å²) in [5, 5.41) is 1.85. The summed E-state index contributed by atoms with van der Waals surface area (Å²) in [6, 6.07) is 48.9. The first-order chi connectivity index (χ1) is 27.9. The Kier molecular flexibility index (Phi) is 14.3. The van der Waals surface area contributed by atoms with Gasteiger partial charge in [0.1, 0.15) is 12.2 Å². The first kappa shape index (κ1) is 42.9. The Morgan fingerprint density at radius 3 is 1.50 bits per heavy atom. The fourth-order valence-electron chi connectivity index (χ4n) is 7.35. The van der Waals surface area contributed by atoms with Crippen molar-refractivity contribution in [2.45, 2.75) is 88.8 Å². The number of ether oxygens (including phenoxy) is 5. The van der Waals surface area contributed by atoms with Crippen LogP contribution < -0.4 is 10.4 Å². The number of benzene rings is 5. The van der Waals surface area contributed by atoms with E-state index in [-0.39, 0.29) is 18.3 Å². The van der Waals surface area contributed by atoms with E-state index < -0.39 is 59.0 Å². The zero-order chi connectivity index (χ0) is 41.2. The zero-order valence-corrected chi connectivity index (χ0v) is 36.4. The normalized spacial score (nSPS) is 19.9. The largest absolute Gasteiger partial charge is 0.453 e. The molecule has 0 aromatic heterocycles. The molecule has 0 saturated carbocycles. The third-order valence-electron chi connectivity index (χ3n) is 10.4. The number of rotatable bonds is 16. The predicted molar refractivity (Wildman–Crippen MR) is 233 cm³/mol. The third kappa shape index (κ3) is 10.7. The van der Waals surface area contributed by atoms with E-state index in [1.807, 2.05) is 78.9 Å². The van der Waals surface area contributed by atoms with Crippen LogP contribution in [0.4, 0.5) is 0 Å². The second kappa shape index (κ2) is 19.4. The molecule has 1 aliphatic rings. The Balaban J connectivity index is 1.46. The Morgan fingerprint density at radius 1 is 0.586 bits per heavy atom. The lowest BCUT2D eigenvalue weighted by molar-refractivity contribution is -0.305. The van der Waals surface area contributed by atoms with E-state index >= 15 is 0 Å². The number of carbonyl (C=O) groups is 2. The molecule has 0 bridgehead atoms. The van der Waals surface area contributed by atoms with Crippen LogP contribution in [-0.2, 0) is 34.7 Å². The fraction of sp³-hybridized carbons (Fsp3) is 0.333. The highest BCUT2D eigenvalue weighted by atomic mass is 28.4. The number of hydrogen-bond acceptors (Lipinski definition) is 8. The molecule has 1 fully saturated rings. The highest BCUT2D eigenvalue weighted by molar-refractivity contribution is 6.99. The molecule has 5 aromatic rings. The summed E-state index contributed by atoms with van der Waals surface area (Å²) in [5.41, 5.74) is 1.62. The minimum Gasteiger partial charge on any atom is -0.453 e. The molecule has 0 unspecified atom stereocenters. The first-order valence-corrected chi connectivity index (χ1v) is 25.7. The molecule has 8 nitrogen and oxygen atoms in total. The lowest BCUT2D eigenvalue weighted by Gasteiger charge is -2.47. The third-order valence-corrected chi connectivity index (χ3v) is 17.1. The van der Waals surface area contributed by atoms with Crippen molar-refractivity contribution in [2.24, 2.45) is 0 Å². The average Bonchev–Trinajstić information content (AvgIpc) is 3.22. The summed E-state index contributed by atoms with van der Waals surface area (Å²) in [5.74, 6) is -1.14. The van der Waals surface area contributed by atoms with Gasteiger partial charge in [0.05, 0.1) is 24.3 Å². The van der Waals surface area contributed by atoms with Gasteiger partial charge in [0.25, 0.3) is 8.32 Å². The number of hydrogen-bond donors (Lipinski definition) is 0. The topological polar surface area (TPSA) is 89.5 Å². The molecule has 6 rings (SSSR count). The van der Waals surface area contributed by atoms with Gasteiger partial charge in [-0.2, -0.15) is 0 Å². The van der Waals surface area contributed by atoms with Gasteiger partial charge >= 0.3 is 11.9 Å². The minimum atomic E-state index is -3.10.